The maximum absolute atomic E-state index is 13.8. The summed E-state index contributed by atoms with van der Waals surface area (Å²) in [7, 11) is 1.47. The van der Waals surface area contributed by atoms with Gasteiger partial charge in [0.25, 0.3) is 5.91 Å². The largest absolute Gasteiger partial charge is 0.497 e. The van der Waals surface area contributed by atoms with Crippen LogP contribution in [0.1, 0.15) is 29.6 Å². The Labute approximate surface area is 124 Å². The van der Waals surface area contributed by atoms with Crippen molar-refractivity contribution < 1.29 is 13.9 Å². The van der Waals surface area contributed by atoms with E-state index < -0.39 is 5.82 Å². The van der Waals surface area contributed by atoms with Gasteiger partial charge in [-0.1, -0.05) is 0 Å². The third-order valence-electron chi connectivity index (χ3n) is 4.35. The van der Waals surface area contributed by atoms with Crippen LogP contribution in [0.25, 0.3) is 0 Å². The van der Waals surface area contributed by atoms with Crippen LogP contribution in [0.15, 0.2) is 18.2 Å². The van der Waals surface area contributed by atoms with Crippen LogP contribution in [0.5, 0.6) is 5.75 Å². The SMILES string of the molecule is COc1ccc(C(=O)NCC2CCN(C3CC3)C2)c(F)c1. The molecule has 1 aliphatic carbocycles. The predicted octanol–water partition coefficient (Wildman–Crippen LogP) is 2.05. The summed E-state index contributed by atoms with van der Waals surface area (Å²) >= 11 is 0. The van der Waals surface area contributed by atoms with Crippen LogP contribution in [-0.2, 0) is 0 Å². The molecule has 1 amide bonds. The molecule has 0 bridgehead atoms. The zero-order valence-corrected chi connectivity index (χ0v) is 12.3. The highest BCUT2D eigenvalue weighted by molar-refractivity contribution is 5.94. The number of ether oxygens (including phenoxy) is 1. The van der Waals surface area contributed by atoms with Gasteiger partial charge in [-0.05, 0) is 43.9 Å². The first-order valence-electron chi connectivity index (χ1n) is 7.53. The number of carbonyl (C=O) groups is 1. The average molecular weight is 292 g/mol. The molecule has 114 valence electrons. The Morgan fingerprint density at radius 1 is 1.43 bits per heavy atom. The second-order valence-corrected chi connectivity index (χ2v) is 5.94. The first kappa shape index (κ1) is 14.3. The third-order valence-corrected chi connectivity index (χ3v) is 4.35. The molecule has 21 heavy (non-hydrogen) atoms. The lowest BCUT2D eigenvalue weighted by Crippen LogP contribution is -2.32. The Morgan fingerprint density at radius 3 is 2.90 bits per heavy atom. The number of likely N-dealkylation sites (tertiary alicyclic amines) is 1. The molecule has 0 aromatic heterocycles. The highest BCUT2D eigenvalue weighted by Crippen LogP contribution is 2.31. The molecule has 1 aromatic rings. The Morgan fingerprint density at radius 2 is 2.24 bits per heavy atom. The van der Waals surface area contributed by atoms with Crippen LogP contribution in [0.4, 0.5) is 4.39 Å². The molecule has 1 saturated heterocycles. The minimum Gasteiger partial charge on any atom is -0.497 e. The topological polar surface area (TPSA) is 41.6 Å². The van der Waals surface area contributed by atoms with Gasteiger partial charge >= 0.3 is 0 Å². The van der Waals surface area contributed by atoms with Crippen molar-refractivity contribution in [1.82, 2.24) is 10.2 Å². The quantitative estimate of drug-likeness (QED) is 0.903. The van der Waals surface area contributed by atoms with Crippen LogP contribution in [0.2, 0.25) is 0 Å². The second-order valence-electron chi connectivity index (χ2n) is 5.94. The maximum atomic E-state index is 13.8. The number of methoxy groups -OCH3 is 1. The van der Waals surface area contributed by atoms with Crippen molar-refractivity contribution in [3.63, 3.8) is 0 Å². The summed E-state index contributed by atoms with van der Waals surface area (Å²) in [6.45, 7) is 2.80. The zero-order chi connectivity index (χ0) is 14.8. The van der Waals surface area contributed by atoms with E-state index in [0.29, 0.717) is 18.2 Å². The van der Waals surface area contributed by atoms with E-state index in [2.05, 4.69) is 10.2 Å². The number of rotatable bonds is 5. The lowest BCUT2D eigenvalue weighted by Gasteiger charge is -2.15. The average Bonchev–Trinajstić information content (AvgIpc) is 3.23. The van der Waals surface area contributed by atoms with Crippen molar-refractivity contribution in [3.05, 3.63) is 29.6 Å². The molecule has 1 aromatic carbocycles. The third kappa shape index (κ3) is 3.35. The molecular formula is C16H21FN2O2. The van der Waals surface area contributed by atoms with Crippen molar-refractivity contribution in [1.29, 1.82) is 0 Å². The van der Waals surface area contributed by atoms with Crippen molar-refractivity contribution in [2.45, 2.75) is 25.3 Å². The maximum Gasteiger partial charge on any atom is 0.254 e. The van der Waals surface area contributed by atoms with Gasteiger partial charge in [-0.3, -0.25) is 4.79 Å². The van der Waals surface area contributed by atoms with Gasteiger partial charge in [0.2, 0.25) is 0 Å². The van der Waals surface area contributed by atoms with Crippen molar-refractivity contribution in [3.8, 4) is 5.75 Å². The number of hydrogen-bond donors (Lipinski definition) is 1. The molecular weight excluding hydrogens is 271 g/mol. The van der Waals surface area contributed by atoms with Crippen molar-refractivity contribution in [2.75, 3.05) is 26.7 Å². The first-order valence-corrected chi connectivity index (χ1v) is 7.53. The molecule has 0 spiro atoms. The van der Waals surface area contributed by atoms with Gasteiger partial charge < -0.3 is 15.0 Å². The van der Waals surface area contributed by atoms with E-state index in [1.54, 1.807) is 6.07 Å². The zero-order valence-electron chi connectivity index (χ0n) is 12.3. The van der Waals surface area contributed by atoms with E-state index in [1.165, 1.54) is 32.1 Å². The fourth-order valence-electron chi connectivity index (χ4n) is 2.94. The number of halogens is 1. The molecule has 5 heteroatoms. The lowest BCUT2D eigenvalue weighted by molar-refractivity contribution is 0.0943. The Kier molecular flexibility index (Phi) is 4.10. The fraction of sp³-hybridized carbons (Fsp3) is 0.562. The van der Waals surface area contributed by atoms with E-state index in [-0.39, 0.29) is 11.5 Å². The number of nitrogens with one attached hydrogen (secondary N) is 1. The summed E-state index contributed by atoms with van der Waals surface area (Å²) in [5, 5.41) is 2.85. The van der Waals surface area contributed by atoms with Gasteiger partial charge in [0.05, 0.1) is 12.7 Å². The monoisotopic (exact) mass is 292 g/mol. The molecule has 2 aliphatic rings. The minimum absolute atomic E-state index is 0.0767. The van der Waals surface area contributed by atoms with Gasteiger partial charge in [0.15, 0.2) is 0 Å². The van der Waals surface area contributed by atoms with Gasteiger partial charge in [-0.25, -0.2) is 4.39 Å². The van der Waals surface area contributed by atoms with E-state index in [9.17, 15) is 9.18 Å². The number of benzene rings is 1. The van der Waals surface area contributed by atoms with Crippen molar-refractivity contribution >= 4 is 5.91 Å². The van der Waals surface area contributed by atoms with E-state index in [4.69, 9.17) is 4.74 Å². The van der Waals surface area contributed by atoms with Crippen LogP contribution in [0, 0.1) is 11.7 Å². The van der Waals surface area contributed by atoms with Crippen LogP contribution < -0.4 is 10.1 Å². The molecule has 1 unspecified atom stereocenters. The Bertz CT molecular complexity index is 531. The smallest absolute Gasteiger partial charge is 0.254 e. The second kappa shape index (κ2) is 6.02. The number of carbonyl (C=O) groups excluding carboxylic acids is 1. The molecule has 4 nitrogen and oxygen atoms in total. The normalized spacial score (nSPS) is 22.3. The standard InChI is InChI=1S/C16H21FN2O2/c1-21-13-4-5-14(15(17)8-13)16(20)18-9-11-6-7-19(10-11)12-2-3-12/h4-5,8,11-12H,2-3,6-7,9-10H2,1H3,(H,18,20). The molecule has 1 saturated carbocycles. The predicted molar refractivity (Wildman–Crippen MR) is 78.0 cm³/mol. The molecule has 3 rings (SSSR count). The summed E-state index contributed by atoms with van der Waals surface area (Å²) in [5.74, 6) is 0.00804. The Hall–Kier alpha value is -1.62. The number of hydrogen-bond acceptors (Lipinski definition) is 3. The molecule has 1 heterocycles. The van der Waals surface area contributed by atoms with Crippen LogP contribution in [-0.4, -0.2) is 43.6 Å². The fourth-order valence-corrected chi connectivity index (χ4v) is 2.94. The van der Waals surface area contributed by atoms with Crippen LogP contribution in [0.3, 0.4) is 0 Å². The van der Waals surface area contributed by atoms with E-state index in [0.717, 1.165) is 25.6 Å². The molecule has 1 N–H and O–H groups in total. The number of nitrogens with zero attached hydrogens (tertiary/aromatic N) is 1. The van der Waals surface area contributed by atoms with E-state index >= 15 is 0 Å². The van der Waals surface area contributed by atoms with E-state index in [1.807, 2.05) is 0 Å². The van der Waals surface area contributed by atoms with Gasteiger partial charge in [-0.2, -0.15) is 0 Å². The summed E-state index contributed by atoms with van der Waals surface area (Å²) in [4.78, 5) is 14.5. The summed E-state index contributed by atoms with van der Waals surface area (Å²) in [6, 6.07) is 5.08. The highest BCUT2D eigenvalue weighted by Gasteiger charge is 2.34. The molecule has 1 atom stereocenters. The number of amides is 1. The van der Waals surface area contributed by atoms with Gasteiger partial charge in [-0.15, -0.1) is 0 Å². The molecule has 1 aliphatic heterocycles. The van der Waals surface area contributed by atoms with Gasteiger partial charge in [0.1, 0.15) is 11.6 Å². The molecule has 2 fully saturated rings. The first-order chi connectivity index (χ1) is 10.2. The van der Waals surface area contributed by atoms with Crippen LogP contribution >= 0.6 is 0 Å². The lowest BCUT2D eigenvalue weighted by atomic mass is 10.1. The summed E-state index contributed by atoms with van der Waals surface area (Å²) in [5.41, 5.74) is 0.0767. The summed E-state index contributed by atoms with van der Waals surface area (Å²) < 4.78 is 18.7. The minimum atomic E-state index is -0.544. The highest BCUT2D eigenvalue weighted by atomic mass is 19.1. The van der Waals surface area contributed by atoms with Gasteiger partial charge in [0, 0.05) is 25.2 Å². The summed E-state index contributed by atoms with van der Waals surface area (Å²) in [6.07, 6.45) is 3.74. The Balaban J connectivity index is 1.52. The molecule has 0 radical (unpaired) electrons. The van der Waals surface area contributed by atoms with Crippen molar-refractivity contribution in [2.24, 2.45) is 5.92 Å².